The van der Waals surface area contributed by atoms with Gasteiger partial charge in [0.05, 0.1) is 26.1 Å². The number of carboxylic acid groups (broad SMARTS) is 1. The predicted molar refractivity (Wildman–Crippen MR) is 60.0 cm³/mol. The van der Waals surface area contributed by atoms with E-state index in [1.54, 1.807) is 12.2 Å². The molecule has 0 aliphatic heterocycles. The molecule has 0 aromatic carbocycles. The highest BCUT2D eigenvalue weighted by Crippen LogP contribution is 2.15. The Bertz CT molecular complexity index is 226. The SMILES string of the molecule is C=CC[N+](C)(CC=C)C(CCC)C(=O)[O-]. The highest BCUT2D eigenvalue weighted by Gasteiger charge is 2.30. The maximum Gasteiger partial charge on any atom is 0.129 e. The topological polar surface area (TPSA) is 40.1 Å². The summed E-state index contributed by atoms with van der Waals surface area (Å²) in [6, 6.07) is -0.481. The van der Waals surface area contributed by atoms with E-state index < -0.39 is 12.0 Å². The first-order chi connectivity index (χ1) is 7.01. The van der Waals surface area contributed by atoms with E-state index in [1.165, 1.54) is 0 Å². The zero-order valence-corrected chi connectivity index (χ0v) is 9.74. The Morgan fingerprint density at radius 3 is 2.13 bits per heavy atom. The van der Waals surface area contributed by atoms with Crippen molar-refractivity contribution in [2.24, 2.45) is 0 Å². The third kappa shape index (κ3) is 3.88. The van der Waals surface area contributed by atoms with Crippen molar-refractivity contribution >= 4 is 5.97 Å². The van der Waals surface area contributed by atoms with Crippen molar-refractivity contribution in [3.8, 4) is 0 Å². The summed E-state index contributed by atoms with van der Waals surface area (Å²) in [6.07, 6.45) is 4.95. The van der Waals surface area contributed by atoms with Crippen LogP contribution in [0.5, 0.6) is 0 Å². The van der Waals surface area contributed by atoms with Gasteiger partial charge in [0.1, 0.15) is 6.04 Å². The quantitative estimate of drug-likeness (QED) is 0.438. The highest BCUT2D eigenvalue weighted by atomic mass is 16.4. The molecule has 0 amide bonds. The molecule has 0 aromatic rings. The number of quaternary nitrogens is 1. The van der Waals surface area contributed by atoms with Gasteiger partial charge in [-0.3, -0.25) is 0 Å². The minimum Gasteiger partial charge on any atom is -0.544 e. The molecule has 0 aromatic heterocycles. The molecule has 3 heteroatoms. The fourth-order valence-corrected chi connectivity index (χ4v) is 1.88. The summed E-state index contributed by atoms with van der Waals surface area (Å²) in [4.78, 5) is 11.1. The van der Waals surface area contributed by atoms with Crippen LogP contribution in [0.15, 0.2) is 25.3 Å². The van der Waals surface area contributed by atoms with E-state index in [4.69, 9.17) is 0 Å². The minimum atomic E-state index is -0.983. The standard InChI is InChI=1S/C12H21NO2/c1-5-8-11(12(14)15)13(4,9-6-2)10-7-3/h6-7,11H,2-3,5,8-10H2,1,4H3. The molecule has 0 saturated heterocycles. The maximum atomic E-state index is 11.1. The predicted octanol–water partition coefficient (Wildman–Crippen LogP) is 0.724. The summed E-state index contributed by atoms with van der Waals surface area (Å²) in [7, 11) is 1.90. The molecular weight excluding hydrogens is 190 g/mol. The molecule has 0 aliphatic rings. The summed E-state index contributed by atoms with van der Waals surface area (Å²) in [5, 5.41) is 11.1. The Balaban J connectivity index is 4.87. The average Bonchev–Trinajstić information content (AvgIpc) is 2.14. The molecular formula is C12H21NO2. The lowest BCUT2D eigenvalue weighted by molar-refractivity contribution is -0.916. The first kappa shape index (κ1) is 13.9. The second kappa shape index (κ2) is 6.40. The van der Waals surface area contributed by atoms with Crippen molar-refractivity contribution in [2.45, 2.75) is 25.8 Å². The van der Waals surface area contributed by atoms with Gasteiger partial charge in [-0.25, -0.2) is 0 Å². The van der Waals surface area contributed by atoms with Crippen LogP contribution in [-0.2, 0) is 4.79 Å². The summed E-state index contributed by atoms with van der Waals surface area (Å²) in [5.74, 6) is -0.983. The largest absolute Gasteiger partial charge is 0.544 e. The fourth-order valence-electron chi connectivity index (χ4n) is 1.88. The number of likely N-dealkylation sites (N-methyl/N-ethyl adjacent to an activating group) is 1. The van der Waals surface area contributed by atoms with Crippen LogP contribution in [0, 0.1) is 0 Å². The zero-order valence-electron chi connectivity index (χ0n) is 9.74. The summed E-state index contributed by atoms with van der Waals surface area (Å²) in [6.45, 7) is 10.5. The molecule has 0 bridgehead atoms. The van der Waals surface area contributed by atoms with Crippen molar-refractivity contribution in [3.05, 3.63) is 25.3 Å². The molecule has 0 rings (SSSR count). The number of carbonyl (C=O) groups is 1. The number of rotatable bonds is 8. The van der Waals surface area contributed by atoms with Gasteiger partial charge in [-0.2, -0.15) is 0 Å². The van der Waals surface area contributed by atoms with Gasteiger partial charge in [-0.05, 0) is 12.2 Å². The van der Waals surface area contributed by atoms with Gasteiger partial charge in [-0.15, -0.1) is 0 Å². The molecule has 86 valence electrons. The molecule has 0 heterocycles. The summed E-state index contributed by atoms with van der Waals surface area (Å²) >= 11 is 0. The van der Waals surface area contributed by atoms with E-state index in [-0.39, 0.29) is 0 Å². The van der Waals surface area contributed by atoms with Gasteiger partial charge in [0.15, 0.2) is 0 Å². The second-order valence-electron chi connectivity index (χ2n) is 4.05. The van der Waals surface area contributed by atoms with Crippen LogP contribution in [0.25, 0.3) is 0 Å². The molecule has 15 heavy (non-hydrogen) atoms. The van der Waals surface area contributed by atoms with E-state index in [0.29, 0.717) is 24.0 Å². The molecule has 0 radical (unpaired) electrons. The van der Waals surface area contributed by atoms with E-state index in [2.05, 4.69) is 13.2 Å². The average molecular weight is 211 g/mol. The van der Waals surface area contributed by atoms with Crippen LogP contribution >= 0.6 is 0 Å². The lowest BCUT2D eigenvalue weighted by atomic mass is 10.1. The number of carbonyl (C=O) groups excluding carboxylic acids is 1. The third-order valence-corrected chi connectivity index (χ3v) is 2.68. The molecule has 0 saturated carbocycles. The van der Waals surface area contributed by atoms with E-state index >= 15 is 0 Å². The van der Waals surface area contributed by atoms with E-state index in [9.17, 15) is 9.90 Å². The number of nitrogens with zero attached hydrogens (tertiary/aromatic N) is 1. The Morgan fingerprint density at radius 2 is 1.87 bits per heavy atom. The van der Waals surface area contributed by atoms with Gasteiger partial charge in [-0.1, -0.05) is 26.5 Å². The van der Waals surface area contributed by atoms with Crippen molar-refractivity contribution < 1.29 is 14.4 Å². The Kier molecular flexibility index (Phi) is 5.94. The van der Waals surface area contributed by atoms with E-state index in [0.717, 1.165) is 6.42 Å². The van der Waals surface area contributed by atoms with Crippen LogP contribution in [0.4, 0.5) is 0 Å². The van der Waals surface area contributed by atoms with Crippen LogP contribution < -0.4 is 5.11 Å². The van der Waals surface area contributed by atoms with Crippen molar-refractivity contribution in [1.82, 2.24) is 0 Å². The van der Waals surface area contributed by atoms with Crippen molar-refractivity contribution in [3.63, 3.8) is 0 Å². The zero-order chi connectivity index (χ0) is 11.9. The number of hydrogen-bond acceptors (Lipinski definition) is 2. The molecule has 0 fully saturated rings. The van der Waals surface area contributed by atoms with Gasteiger partial charge in [0.2, 0.25) is 0 Å². The smallest absolute Gasteiger partial charge is 0.129 e. The molecule has 0 N–H and O–H groups in total. The maximum absolute atomic E-state index is 11.1. The summed E-state index contributed by atoms with van der Waals surface area (Å²) < 4.78 is 0.392. The second-order valence-corrected chi connectivity index (χ2v) is 4.05. The first-order valence-corrected chi connectivity index (χ1v) is 5.28. The molecule has 1 unspecified atom stereocenters. The normalized spacial score (nSPS) is 13.2. The molecule has 0 spiro atoms. The van der Waals surface area contributed by atoms with Crippen LogP contribution in [-0.4, -0.2) is 36.6 Å². The molecule has 3 nitrogen and oxygen atoms in total. The monoisotopic (exact) mass is 211 g/mol. The molecule has 0 aliphatic carbocycles. The van der Waals surface area contributed by atoms with E-state index in [1.807, 2.05) is 14.0 Å². The van der Waals surface area contributed by atoms with Gasteiger partial charge in [0.25, 0.3) is 0 Å². The van der Waals surface area contributed by atoms with Gasteiger partial charge < -0.3 is 14.4 Å². The fraction of sp³-hybridized carbons (Fsp3) is 0.583. The Labute approximate surface area is 92.3 Å². The van der Waals surface area contributed by atoms with Crippen molar-refractivity contribution in [2.75, 3.05) is 20.1 Å². The minimum absolute atomic E-state index is 0.392. The number of carboxylic acids is 1. The first-order valence-electron chi connectivity index (χ1n) is 5.28. The molecule has 1 atom stereocenters. The van der Waals surface area contributed by atoms with Crippen LogP contribution in [0.2, 0.25) is 0 Å². The van der Waals surface area contributed by atoms with Crippen LogP contribution in [0.3, 0.4) is 0 Å². The Hall–Kier alpha value is -1.09. The number of hydrogen-bond donors (Lipinski definition) is 0. The number of aliphatic carboxylic acids is 1. The highest BCUT2D eigenvalue weighted by molar-refractivity contribution is 5.69. The Morgan fingerprint density at radius 1 is 1.40 bits per heavy atom. The third-order valence-electron chi connectivity index (χ3n) is 2.68. The lowest BCUT2D eigenvalue weighted by Gasteiger charge is -2.40. The van der Waals surface area contributed by atoms with Gasteiger partial charge >= 0.3 is 0 Å². The lowest BCUT2D eigenvalue weighted by Crippen LogP contribution is -2.59. The van der Waals surface area contributed by atoms with Gasteiger partial charge in [0, 0.05) is 6.42 Å². The van der Waals surface area contributed by atoms with Crippen molar-refractivity contribution in [1.29, 1.82) is 0 Å². The summed E-state index contributed by atoms with van der Waals surface area (Å²) in [5.41, 5.74) is 0. The van der Waals surface area contributed by atoms with Crippen LogP contribution in [0.1, 0.15) is 19.8 Å².